The molecule has 3 N–H and O–H groups in total. The van der Waals surface area contributed by atoms with Gasteiger partial charge in [0, 0.05) is 6.42 Å². The number of quaternary nitrogens is 1. The van der Waals surface area contributed by atoms with Gasteiger partial charge in [0.25, 0.3) is 0 Å². The molecule has 0 aliphatic carbocycles. The third kappa shape index (κ3) is 20.6. The molecule has 0 saturated carbocycles. The number of allylic oxidation sites excluding steroid dienone is 1. The topological polar surface area (TPSA) is 105 Å². The second-order valence-electron chi connectivity index (χ2n) is 10.1. The highest BCUT2D eigenvalue weighted by molar-refractivity contribution is 7.47. The van der Waals surface area contributed by atoms with Gasteiger partial charge in [0.05, 0.1) is 39.9 Å². The fraction of sp³-hybridized carbons (Fsp3) is 0.880. The average molecular weight is 508 g/mol. The first-order valence-corrected chi connectivity index (χ1v) is 14.6. The predicted molar refractivity (Wildman–Crippen MR) is 138 cm³/mol. The van der Waals surface area contributed by atoms with Gasteiger partial charge in [-0.05, 0) is 12.8 Å². The van der Waals surface area contributed by atoms with E-state index in [9.17, 15) is 19.4 Å². The number of carbonyl (C=O) groups excluding carboxylic acids is 1. The Morgan fingerprint density at radius 2 is 1.56 bits per heavy atom. The van der Waals surface area contributed by atoms with E-state index in [0.717, 1.165) is 38.5 Å². The van der Waals surface area contributed by atoms with Crippen LogP contribution in [0.15, 0.2) is 12.2 Å². The van der Waals surface area contributed by atoms with Crippen molar-refractivity contribution in [2.24, 2.45) is 0 Å². The van der Waals surface area contributed by atoms with Gasteiger partial charge in [0.15, 0.2) is 0 Å². The van der Waals surface area contributed by atoms with Crippen molar-refractivity contribution in [1.29, 1.82) is 0 Å². The Hall–Kier alpha value is -0.760. The van der Waals surface area contributed by atoms with Crippen LogP contribution >= 0.6 is 7.82 Å². The minimum atomic E-state index is -4.29. The molecule has 0 aliphatic rings. The minimum Gasteiger partial charge on any atom is -0.387 e. The zero-order valence-corrected chi connectivity index (χ0v) is 23.2. The van der Waals surface area contributed by atoms with Gasteiger partial charge in [0.2, 0.25) is 5.91 Å². The van der Waals surface area contributed by atoms with Crippen molar-refractivity contribution >= 4 is 13.7 Å². The van der Waals surface area contributed by atoms with E-state index in [2.05, 4.69) is 19.2 Å². The Kier molecular flexibility index (Phi) is 19.0. The lowest BCUT2D eigenvalue weighted by atomic mass is 10.1. The molecule has 9 heteroatoms. The molecule has 34 heavy (non-hydrogen) atoms. The predicted octanol–water partition coefficient (Wildman–Crippen LogP) is 4.95. The fourth-order valence-electron chi connectivity index (χ4n) is 3.26. The largest absolute Gasteiger partial charge is 0.472 e. The van der Waals surface area contributed by atoms with Crippen molar-refractivity contribution in [1.82, 2.24) is 5.32 Å². The third-order valence-electron chi connectivity index (χ3n) is 5.51. The van der Waals surface area contributed by atoms with Crippen molar-refractivity contribution in [3.05, 3.63) is 12.2 Å². The van der Waals surface area contributed by atoms with Crippen LogP contribution in [0.1, 0.15) is 90.9 Å². The van der Waals surface area contributed by atoms with Gasteiger partial charge in [0.1, 0.15) is 13.2 Å². The maximum atomic E-state index is 12.4. The summed E-state index contributed by atoms with van der Waals surface area (Å²) < 4.78 is 23.0. The van der Waals surface area contributed by atoms with Crippen LogP contribution in [0.3, 0.4) is 0 Å². The number of nitrogens with one attached hydrogen (secondary N) is 1. The summed E-state index contributed by atoms with van der Waals surface area (Å²) in [5, 5.41) is 13.3. The summed E-state index contributed by atoms with van der Waals surface area (Å²) in [5.41, 5.74) is 0. The Morgan fingerprint density at radius 1 is 0.971 bits per heavy atom. The second kappa shape index (κ2) is 19.4. The number of hydrogen-bond acceptors (Lipinski definition) is 5. The number of phosphoric ester groups is 1. The monoisotopic (exact) mass is 507 g/mol. The number of rotatable bonds is 22. The molecule has 3 unspecified atom stereocenters. The lowest BCUT2D eigenvalue weighted by Crippen LogP contribution is -2.45. The molecular formula is C25H52N2O6P+. The highest BCUT2D eigenvalue weighted by atomic mass is 31.2. The van der Waals surface area contributed by atoms with E-state index < -0.39 is 20.0 Å². The molecule has 0 saturated heterocycles. The summed E-state index contributed by atoms with van der Waals surface area (Å²) in [6, 6.07) is -0.832. The molecule has 202 valence electrons. The molecule has 0 aromatic heterocycles. The number of likely N-dealkylation sites (N-methyl/N-ethyl adjacent to an activating group) is 1. The molecule has 0 heterocycles. The van der Waals surface area contributed by atoms with Crippen LogP contribution < -0.4 is 5.32 Å². The second-order valence-corrected chi connectivity index (χ2v) is 11.5. The summed E-state index contributed by atoms with van der Waals surface area (Å²) in [6.45, 7) is 4.57. The number of phosphoric acid groups is 1. The van der Waals surface area contributed by atoms with Crippen molar-refractivity contribution in [3.8, 4) is 0 Å². The van der Waals surface area contributed by atoms with Gasteiger partial charge < -0.3 is 19.8 Å². The van der Waals surface area contributed by atoms with Gasteiger partial charge in [-0.1, -0.05) is 83.8 Å². The Labute approximate surface area is 208 Å². The van der Waals surface area contributed by atoms with Crippen LogP contribution in [-0.2, 0) is 18.4 Å². The van der Waals surface area contributed by atoms with E-state index in [0.29, 0.717) is 17.4 Å². The molecule has 0 bridgehead atoms. The molecule has 0 aliphatic heterocycles. The van der Waals surface area contributed by atoms with Crippen LogP contribution in [-0.4, -0.2) is 73.4 Å². The first kappa shape index (κ1) is 33.2. The zero-order valence-electron chi connectivity index (χ0n) is 22.3. The highest BCUT2D eigenvalue weighted by Crippen LogP contribution is 2.43. The summed E-state index contributed by atoms with van der Waals surface area (Å²) in [6.07, 6.45) is 14.8. The maximum absolute atomic E-state index is 12.4. The minimum absolute atomic E-state index is 0.0617. The van der Waals surface area contributed by atoms with E-state index in [1.807, 2.05) is 27.2 Å². The van der Waals surface area contributed by atoms with Crippen LogP contribution in [0, 0.1) is 0 Å². The van der Waals surface area contributed by atoms with Crippen molar-refractivity contribution in [2.75, 3.05) is 40.9 Å². The van der Waals surface area contributed by atoms with Gasteiger partial charge in [-0.3, -0.25) is 13.8 Å². The van der Waals surface area contributed by atoms with Crippen LogP contribution in [0.2, 0.25) is 0 Å². The smallest absolute Gasteiger partial charge is 0.387 e. The molecule has 0 spiro atoms. The summed E-state index contributed by atoms with van der Waals surface area (Å²) in [7, 11) is 1.56. The normalized spacial score (nSPS) is 15.9. The molecule has 1 amide bonds. The van der Waals surface area contributed by atoms with E-state index in [-0.39, 0.29) is 19.1 Å². The first-order chi connectivity index (χ1) is 16.0. The molecular weight excluding hydrogens is 455 g/mol. The number of hydrogen-bond donors (Lipinski definition) is 3. The van der Waals surface area contributed by atoms with Crippen LogP contribution in [0.5, 0.6) is 0 Å². The number of carbonyl (C=O) groups is 1. The summed E-state index contributed by atoms with van der Waals surface area (Å²) in [5.74, 6) is -0.195. The van der Waals surface area contributed by atoms with Crippen molar-refractivity contribution in [3.63, 3.8) is 0 Å². The molecule has 0 radical (unpaired) electrons. The van der Waals surface area contributed by atoms with Gasteiger partial charge in [-0.15, -0.1) is 0 Å². The fourth-order valence-corrected chi connectivity index (χ4v) is 3.99. The van der Waals surface area contributed by atoms with E-state index >= 15 is 0 Å². The molecule has 0 rings (SSSR count). The first-order valence-electron chi connectivity index (χ1n) is 13.1. The van der Waals surface area contributed by atoms with Crippen molar-refractivity contribution in [2.45, 2.75) is 103 Å². The number of aliphatic hydroxyl groups is 1. The van der Waals surface area contributed by atoms with E-state index in [1.54, 1.807) is 6.08 Å². The quantitative estimate of drug-likeness (QED) is 0.0829. The Balaban J connectivity index is 4.64. The number of unbranched alkanes of at least 4 members (excludes halogenated alkanes) is 9. The molecule has 3 atom stereocenters. The zero-order chi connectivity index (χ0) is 25.9. The van der Waals surface area contributed by atoms with Gasteiger partial charge in [-0.2, -0.15) is 0 Å². The number of nitrogens with zero attached hydrogens (tertiary/aromatic N) is 1. The van der Waals surface area contributed by atoms with Crippen LogP contribution in [0.4, 0.5) is 0 Å². The SMILES string of the molecule is CCCC/C=C/C(O)C(COP(=O)(O)OCC[N+](C)(C)C)NC(=O)CCCCCCCCCC. The summed E-state index contributed by atoms with van der Waals surface area (Å²) in [4.78, 5) is 22.4. The highest BCUT2D eigenvalue weighted by Gasteiger charge is 2.27. The van der Waals surface area contributed by atoms with E-state index in [4.69, 9.17) is 9.05 Å². The van der Waals surface area contributed by atoms with E-state index in [1.165, 1.54) is 32.1 Å². The standard InChI is InChI=1S/C25H51N2O6P/c1-6-8-10-12-13-14-15-17-19-25(29)26-23(24(28)18-16-11-9-7-2)22-33-34(30,31)32-21-20-27(3,4)5/h16,18,23-24,28H,6-15,17,19-22H2,1-5H3,(H-,26,29,30,31)/p+1/b18-16+. The maximum Gasteiger partial charge on any atom is 0.472 e. The van der Waals surface area contributed by atoms with Gasteiger partial charge in [-0.25, -0.2) is 4.57 Å². The lowest BCUT2D eigenvalue weighted by molar-refractivity contribution is -0.870. The average Bonchev–Trinajstić information content (AvgIpc) is 2.74. The summed E-state index contributed by atoms with van der Waals surface area (Å²) >= 11 is 0. The Morgan fingerprint density at radius 3 is 2.15 bits per heavy atom. The number of amides is 1. The molecule has 0 fully saturated rings. The molecule has 0 aromatic rings. The lowest BCUT2D eigenvalue weighted by Gasteiger charge is -2.25. The Bertz CT molecular complexity index is 594. The number of aliphatic hydroxyl groups excluding tert-OH is 1. The van der Waals surface area contributed by atoms with Crippen LogP contribution in [0.25, 0.3) is 0 Å². The molecule has 8 nitrogen and oxygen atoms in total. The molecule has 0 aromatic carbocycles. The third-order valence-corrected chi connectivity index (χ3v) is 6.49. The van der Waals surface area contributed by atoms with Gasteiger partial charge >= 0.3 is 7.82 Å². The van der Waals surface area contributed by atoms with Crippen molar-refractivity contribution < 1.29 is 32.9 Å².